The van der Waals surface area contributed by atoms with E-state index < -0.39 is 12.0 Å². The van der Waals surface area contributed by atoms with Crippen molar-refractivity contribution >= 4 is 16.9 Å². The van der Waals surface area contributed by atoms with Gasteiger partial charge in [0.05, 0.1) is 25.8 Å². The molecule has 0 spiro atoms. The van der Waals surface area contributed by atoms with E-state index in [0.717, 1.165) is 0 Å². The second-order valence-corrected chi connectivity index (χ2v) is 4.14. The lowest BCUT2D eigenvalue weighted by molar-refractivity contribution is 0.0696. The van der Waals surface area contributed by atoms with Gasteiger partial charge >= 0.3 is 5.97 Å². The van der Waals surface area contributed by atoms with Crippen molar-refractivity contribution in [3.05, 3.63) is 35.6 Å². The third-order valence-electron chi connectivity index (χ3n) is 2.87. The number of para-hydroxylation sites is 1. The Kier molecular flexibility index (Phi) is 4.16. The molecular formula is C13H15NO5. The van der Waals surface area contributed by atoms with Gasteiger partial charge < -0.3 is 25.1 Å². The number of aliphatic hydroxyl groups is 2. The first-order valence-corrected chi connectivity index (χ1v) is 5.86. The van der Waals surface area contributed by atoms with Crippen LogP contribution in [0.2, 0.25) is 0 Å². The molecule has 0 fully saturated rings. The fourth-order valence-electron chi connectivity index (χ4n) is 1.88. The molecule has 0 unspecified atom stereocenters. The van der Waals surface area contributed by atoms with Crippen LogP contribution in [-0.2, 0) is 6.54 Å². The molecule has 2 rings (SSSR count). The molecule has 19 heavy (non-hydrogen) atoms. The van der Waals surface area contributed by atoms with Crippen LogP contribution in [0.5, 0.6) is 0 Å². The van der Waals surface area contributed by atoms with Crippen LogP contribution in [0.3, 0.4) is 0 Å². The molecule has 1 aromatic heterocycles. The standard InChI is InChI=1S/C13H15NO5/c15-6-8(7-16)14-5-11-12(13(17)18)9-3-1-2-4-10(9)19-11/h1-4,8,14-16H,5-7H2,(H,17,18). The Morgan fingerprint density at radius 2 is 1.95 bits per heavy atom. The molecule has 1 aromatic carbocycles. The van der Waals surface area contributed by atoms with Crippen LogP contribution in [-0.4, -0.2) is 40.5 Å². The van der Waals surface area contributed by atoms with Gasteiger partial charge in [-0.3, -0.25) is 0 Å². The maximum absolute atomic E-state index is 11.3. The molecule has 0 amide bonds. The van der Waals surface area contributed by atoms with Gasteiger partial charge in [-0.2, -0.15) is 0 Å². The topological polar surface area (TPSA) is 103 Å². The Bertz CT molecular complexity index is 573. The maximum atomic E-state index is 11.3. The summed E-state index contributed by atoms with van der Waals surface area (Å²) in [5.41, 5.74) is 0.610. The lowest BCUT2D eigenvalue weighted by Crippen LogP contribution is -2.35. The Balaban J connectivity index is 2.31. The third kappa shape index (κ3) is 2.76. The van der Waals surface area contributed by atoms with Gasteiger partial charge in [-0.25, -0.2) is 4.79 Å². The number of aliphatic hydroxyl groups excluding tert-OH is 2. The van der Waals surface area contributed by atoms with E-state index in [1.54, 1.807) is 24.3 Å². The highest BCUT2D eigenvalue weighted by Crippen LogP contribution is 2.25. The van der Waals surface area contributed by atoms with E-state index >= 15 is 0 Å². The van der Waals surface area contributed by atoms with Gasteiger partial charge in [0.1, 0.15) is 16.9 Å². The van der Waals surface area contributed by atoms with E-state index in [2.05, 4.69) is 5.32 Å². The highest BCUT2D eigenvalue weighted by atomic mass is 16.4. The number of benzene rings is 1. The average molecular weight is 265 g/mol. The summed E-state index contributed by atoms with van der Waals surface area (Å²) in [5, 5.41) is 30.5. The highest BCUT2D eigenvalue weighted by Gasteiger charge is 2.20. The van der Waals surface area contributed by atoms with Gasteiger partial charge in [-0.15, -0.1) is 0 Å². The lowest BCUT2D eigenvalue weighted by Gasteiger charge is -2.11. The number of nitrogens with one attached hydrogen (secondary N) is 1. The predicted octanol–water partition coefficient (Wildman–Crippen LogP) is 0.574. The summed E-state index contributed by atoms with van der Waals surface area (Å²) >= 11 is 0. The molecule has 0 aliphatic rings. The van der Waals surface area contributed by atoms with Crippen LogP contribution in [0.1, 0.15) is 16.1 Å². The molecule has 0 radical (unpaired) electrons. The van der Waals surface area contributed by atoms with Crippen LogP contribution >= 0.6 is 0 Å². The molecule has 1 heterocycles. The zero-order valence-corrected chi connectivity index (χ0v) is 10.2. The molecule has 0 aliphatic heterocycles. The first-order chi connectivity index (χ1) is 9.17. The van der Waals surface area contributed by atoms with Crippen molar-refractivity contribution in [2.45, 2.75) is 12.6 Å². The molecule has 6 nitrogen and oxygen atoms in total. The fourth-order valence-corrected chi connectivity index (χ4v) is 1.88. The minimum atomic E-state index is -1.06. The molecule has 0 saturated carbocycles. The van der Waals surface area contributed by atoms with Gasteiger partial charge in [0.2, 0.25) is 0 Å². The second kappa shape index (κ2) is 5.83. The van der Waals surface area contributed by atoms with Crippen molar-refractivity contribution in [2.24, 2.45) is 0 Å². The molecule has 102 valence electrons. The summed E-state index contributed by atoms with van der Waals surface area (Å²) < 4.78 is 5.49. The molecule has 2 aromatic rings. The number of fused-ring (bicyclic) bond motifs is 1. The largest absolute Gasteiger partial charge is 0.478 e. The molecule has 0 saturated heterocycles. The summed E-state index contributed by atoms with van der Waals surface area (Å²) in [6, 6.07) is 6.38. The number of carboxylic acid groups (broad SMARTS) is 1. The molecule has 0 atom stereocenters. The summed E-state index contributed by atoms with van der Waals surface area (Å²) in [4.78, 5) is 11.3. The maximum Gasteiger partial charge on any atom is 0.339 e. The molecule has 0 aliphatic carbocycles. The van der Waals surface area contributed by atoms with Crippen molar-refractivity contribution < 1.29 is 24.5 Å². The second-order valence-electron chi connectivity index (χ2n) is 4.14. The van der Waals surface area contributed by atoms with E-state index in [4.69, 9.17) is 14.6 Å². The van der Waals surface area contributed by atoms with Crippen molar-refractivity contribution in [3.8, 4) is 0 Å². The van der Waals surface area contributed by atoms with Crippen molar-refractivity contribution in [1.82, 2.24) is 5.32 Å². The summed E-state index contributed by atoms with van der Waals surface area (Å²) in [6.07, 6.45) is 0. The summed E-state index contributed by atoms with van der Waals surface area (Å²) in [6.45, 7) is -0.347. The van der Waals surface area contributed by atoms with Crippen molar-refractivity contribution in [1.29, 1.82) is 0 Å². The summed E-state index contributed by atoms with van der Waals surface area (Å²) in [5.74, 6) is -0.785. The van der Waals surface area contributed by atoms with Crippen LogP contribution in [0.4, 0.5) is 0 Å². The zero-order chi connectivity index (χ0) is 13.8. The molecule has 4 N–H and O–H groups in total. The third-order valence-corrected chi connectivity index (χ3v) is 2.87. The lowest BCUT2D eigenvalue weighted by atomic mass is 10.1. The van der Waals surface area contributed by atoms with Gasteiger partial charge in [0.25, 0.3) is 0 Å². The van der Waals surface area contributed by atoms with E-state index in [9.17, 15) is 9.90 Å². The molecule has 0 bridgehead atoms. The van der Waals surface area contributed by atoms with E-state index in [1.807, 2.05) is 0 Å². The zero-order valence-electron chi connectivity index (χ0n) is 10.2. The number of carbonyl (C=O) groups is 1. The quantitative estimate of drug-likeness (QED) is 0.609. The Hall–Kier alpha value is -1.89. The monoisotopic (exact) mass is 265 g/mol. The van der Waals surface area contributed by atoms with Gasteiger partial charge in [0, 0.05) is 5.39 Å². The van der Waals surface area contributed by atoms with E-state index in [1.165, 1.54) is 0 Å². The Morgan fingerprint density at radius 3 is 2.58 bits per heavy atom. The Morgan fingerprint density at radius 1 is 1.26 bits per heavy atom. The molecule has 6 heteroatoms. The SMILES string of the molecule is O=C(O)c1c(CNC(CO)CO)oc2ccccc12. The van der Waals surface area contributed by atoms with E-state index in [0.29, 0.717) is 11.0 Å². The number of carboxylic acids is 1. The number of furan rings is 1. The molecular weight excluding hydrogens is 250 g/mol. The summed E-state index contributed by atoms with van der Waals surface area (Å²) in [7, 11) is 0. The van der Waals surface area contributed by atoms with Gasteiger partial charge in [-0.1, -0.05) is 18.2 Å². The first kappa shape index (κ1) is 13.5. The van der Waals surface area contributed by atoms with Crippen LogP contribution in [0.15, 0.2) is 28.7 Å². The van der Waals surface area contributed by atoms with Crippen LogP contribution < -0.4 is 5.32 Å². The van der Waals surface area contributed by atoms with Crippen LogP contribution in [0.25, 0.3) is 11.0 Å². The Labute approximate surface area is 109 Å². The first-order valence-electron chi connectivity index (χ1n) is 5.86. The number of aromatic carboxylic acids is 1. The number of hydrogen-bond acceptors (Lipinski definition) is 5. The fraction of sp³-hybridized carbons (Fsp3) is 0.308. The van der Waals surface area contributed by atoms with Gasteiger partial charge in [0.15, 0.2) is 0 Å². The normalized spacial score (nSPS) is 11.3. The van der Waals surface area contributed by atoms with Crippen molar-refractivity contribution in [3.63, 3.8) is 0 Å². The number of hydrogen-bond donors (Lipinski definition) is 4. The van der Waals surface area contributed by atoms with Crippen LogP contribution in [0, 0.1) is 0 Å². The smallest absolute Gasteiger partial charge is 0.339 e. The van der Waals surface area contributed by atoms with Gasteiger partial charge in [-0.05, 0) is 6.07 Å². The number of rotatable bonds is 6. The van der Waals surface area contributed by atoms with Crippen molar-refractivity contribution in [2.75, 3.05) is 13.2 Å². The minimum absolute atomic E-state index is 0.109. The highest BCUT2D eigenvalue weighted by molar-refractivity contribution is 6.03. The predicted molar refractivity (Wildman–Crippen MR) is 68.0 cm³/mol. The average Bonchev–Trinajstić information content (AvgIpc) is 2.78. The minimum Gasteiger partial charge on any atom is -0.478 e. The van der Waals surface area contributed by atoms with E-state index in [-0.39, 0.29) is 31.1 Å².